The van der Waals surface area contributed by atoms with Crippen LogP contribution in [0.3, 0.4) is 0 Å². The molecule has 3 unspecified atom stereocenters. The van der Waals surface area contributed by atoms with Crippen molar-refractivity contribution in [2.24, 2.45) is 5.73 Å². The zero-order valence-corrected chi connectivity index (χ0v) is 72.5. The molecule has 125 heavy (non-hydrogen) atoms. The Morgan fingerprint density at radius 3 is 1.30 bits per heavy atom. The molecule has 0 radical (unpaired) electrons. The number of hydrogen-bond acceptors (Lipinski definition) is 25. The maximum atomic E-state index is 15.1. The molecule has 0 bridgehead atoms. The van der Waals surface area contributed by atoms with Gasteiger partial charge in [0, 0.05) is 118 Å². The SMILES string of the molecule is C=CC(=O)N1CCC(Nc2n[nH]c3nccc(-c4ccc(CNS(C)(=O)=O)c(F)c4)c23)C1.C=CC(=O)N1CCC(Nc2nn(Cc3ccc(OC)cc3)c3nccc(-c4ccc(CN)c(F)c4)c23)C1.C=CC(=O)N1CCC(Nc2nn(Cc3ccc(OC)cc3)c3nccc(-c4ccc(CNS(C)(=O)=O)c(F)c4)c23)C1.CC(C)(C)c1nc(COS(C)(=O)=O)no1. The van der Waals surface area contributed by atoms with Gasteiger partial charge in [0.25, 0.3) is 10.1 Å². The minimum atomic E-state index is -3.47. The quantitative estimate of drug-likeness (QED) is 0.0177. The molecule has 5 aromatic carbocycles. The number of benzene rings is 5. The lowest BCUT2D eigenvalue weighted by Crippen LogP contribution is -2.30. The van der Waals surface area contributed by atoms with Crippen molar-refractivity contribution >= 4 is 98.4 Å². The molecule has 10 heterocycles. The predicted octanol–water partition coefficient (Wildman–Crippen LogP) is 10.3. The number of carbonyl (C=O) groups is 3. The highest BCUT2D eigenvalue weighted by atomic mass is 32.2. The van der Waals surface area contributed by atoms with Crippen molar-refractivity contribution in [2.45, 2.75) is 103 Å². The van der Waals surface area contributed by atoms with Crippen LogP contribution < -0.4 is 40.6 Å². The van der Waals surface area contributed by atoms with Gasteiger partial charge in [-0.3, -0.25) is 23.7 Å². The van der Waals surface area contributed by atoms with Crippen LogP contribution in [0.1, 0.15) is 79.6 Å². The zero-order valence-electron chi connectivity index (χ0n) is 70.0. The number of nitrogens with one attached hydrogen (secondary N) is 6. The molecule has 3 fully saturated rings. The number of halogens is 3. The number of ether oxygens (including phenoxy) is 2. The van der Waals surface area contributed by atoms with Gasteiger partial charge in [-0.2, -0.15) is 28.7 Å². The summed E-state index contributed by atoms with van der Waals surface area (Å²) < 4.78 is 140. The molecule has 39 heteroatoms. The first-order valence-electron chi connectivity index (χ1n) is 39.6. The molecule has 0 spiro atoms. The molecular weight excluding hydrogens is 1670 g/mol. The van der Waals surface area contributed by atoms with Crippen molar-refractivity contribution in [3.05, 3.63) is 235 Å². The molecule has 12 aromatic rings. The number of nitrogens with two attached hydrogens (primary N) is 1. The molecule has 0 aliphatic carbocycles. The molecule has 3 atom stereocenters. The second-order valence-electron chi connectivity index (χ2n) is 30.9. The topological polar surface area (TPSA) is 419 Å². The van der Waals surface area contributed by atoms with Gasteiger partial charge in [-0.15, -0.1) is 0 Å². The number of anilines is 3. The summed E-state index contributed by atoms with van der Waals surface area (Å²) in [6.45, 7) is 20.5. The van der Waals surface area contributed by atoms with Crippen molar-refractivity contribution < 1.29 is 71.0 Å². The summed E-state index contributed by atoms with van der Waals surface area (Å²) in [4.78, 5) is 58.9. The van der Waals surface area contributed by atoms with Gasteiger partial charge >= 0.3 is 0 Å². The van der Waals surface area contributed by atoms with Gasteiger partial charge in [-0.05, 0) is 143 Å². The Kier molecular flexibility index (Phi) is 29.1. The number of amides is 3. The van der Waals surface area contributed by atoms with E-state index in [2.05, 4.69) is 84.6 Å². The first-order chi connectivity index (χ1) is 59.6. The van der Waals surface area contributed by atoms with Crippen molar-refractivity contribution in [1.29, 1.82) is 0 Å². The van der Waals surface area contributed by atoms with Gasteiger partial charge in [0.15, 0.2) is 40.2 Å². The minimum absolute atomic E-state index is 0.0136. The Bertz CT molecular complexity index is 6320. The smallest absolute Gasteiger partial charge is 0.264 e. The van der Waals surface area contributed by atoms with Crippen LogP contribution in [0, 0.1) is 17.5 Å². The van der Waals surface area contributed by atoms with Gasteiger partial charge < -0.3 is 50.4 Å². The van der Waals surface area contributed by atoms with Crippen LogP contribution in [-0.4, -0.2) is 203 Å². The Morgan fingerprint density at radius 2 is 0.944 bits per heavy atom. The van der Waals surface area contributed by atoms with Crippen LogP contribution in [0.2, 0.25) is 0 Å². The lowest BCUT2D eigenvalue weighted by atomic mass is 9.97. The van der Waals surface area contributed by atoms with Crippen LogP contribution in [0.5, 0.6) is 11.5 Å². The molecule has 0 saturated carbocycles. The lowest BCUT2D eigenvalue weighted by molar-refractivity contribution is -0.125. The van der Waals surface area contributed by atoms with Crippen LogP contribution in [0.25, 0.3) is 66.5 Å². The Labute approximate surface area is 721 Å². The van der Waals surface area contributed by atoms with E-state index in [1.54, 1.807) is 94.7 Å². The van der Waals surface area contributed by atoms with Crippen LogP contribution in [0.4, 0.5) is 30.6 Å². The molecule has 7 aromatic heterocycles. The fourth-order valence-electron chi connectivity index (χ4n) is 14.2. The number of nitrogens with zero attached hydrogens (tertiary/aromatic N) is 13. The second-order valence-corrected chi connectivity index (χ2v) is 36.2. The van der Waals surface area contributed by atoms with E-state index in [1.807, 2.05) is 86.1 Å². The van der Waals surface area contributed by atoms with Crippen LogP contribution in [-0.2, 0) is 93.5 Å². The molecule has 33 nitrogen and oxygen atoms in total. The van der Waals surface area contributed by atoms with E-state index in [4.69, 9.17) is 29.9 Å². The van der Waals surface area contributed by atoms with Crippen LogP contribution in [0.15, 0.2) is 182 Å². The van der Waals surface area contributed by atoms with E-state index in [0.29, 0.717) is 120 Å². The second kappa shape index (κ2) is 39.8. The number of rotatable bonds is 28. The third-order valence-corrected chi connectivity index (χ3v) is 22.5. The minimum Gasteiger partial charge on any atom is -0.497 e. The van der Waals surface area contributed by atoms with Crippen molar-refractivity contribution in [3.8, 4) is 44.9 Å². The first kappa shape index (κ1) is 91.4. The standard InChI is InChI=1S/C29H31FN6O4S.C28H29FN6O2.C21H23FN6O3S.C8H14N2O4S/c1-4-26(37)35-14-12-22(18-35)33-28-27-24(20-7-8-21(25(30)15-20)16-32-41(3,38)39)11-13-31-29(27)36(34-28)17-19-5-9-23(40-2)10-6-19;1-3-25(36)34-13-11-21(17-34)32-27-26-23(19-6-7-20(15-30)24(29)14-19)10-12-31-28(26)35(33-27)16-18-4-8-22(37-2)9-5-18;1-3-18(29)28-9-7-15(12-28)25-21-19-16(6-8-23-20(19)26-27-21)13-4-5-14(17(22)10-13)11-24-32(2,30)31;1-8(2,3)7-9-6(10-14-7)5-13-15(4,11)12/h4-11,13,15,22,32H,1,12,14,16-18H2,2-3H3,(H,33,34);3-10,12,14,21H,1,11,13,15-17,30H2,2H3,(H,32,33);3-6,8,10,15,24H,1,7,9,11-12H2,2H3,(H2,23,25,26,27);5H2,1-4H3. The summed E-state index contributed by atoms with van der Waals surface area (Å²) in [6.07, 6.45) is 14.2. The number of carbonyl (C=O) groups excluding carboxylic acids is 3. The molecule has 3 aliphatic rings. The normalized spacial score (nSPS) is 15.3. The number of likely N-dealkylation sites (tertiary alicyclic amines) is 3. The number of methoxy groups -OCH3 is 2. The maximum absolute atomic E-state index is 15.1. The lowest BCUT2D eigenvalue weighted by Gasteiger charge is -2.15. The van der Waals surface area contributed by atoms with Crippen molar-refractivity contribution in [2.75, 3.05) is 88.2 Å². The summed E-state index contributed by atoms with van der Waals surface area (Å²) in [5.74, 6) is 2.30. The van der Waals surface area contributed by atoms with E-state index in [0.717, 1.165) is 88.1 Å². The Balaban J connectivity index is 0.000000158. The first-order valence-corrected chi connectivity index (χ1v) is 45.2. The third-order valence-electron chi connectivity index (χ3n) is 20.6. The van der Waals surface area contributed by atoms with E-state index >= 15 is 4.39 Å². The van der Waals surface area contributed by atoms with Gasteiger partial charge in [0.05, 0.1) is 62.2 Å². The number of sulfonamides is 2. The molecule has 3 saturated heterocycles. The summed E-state index contributed by atoms with van der Waals surface area (Å²) >= 11 is 0. The summed E-state index contributed by atoms with van der Waals surface area (Å²) in [5, 5.41) is 33.2. The molecule has 658 valence electrons. The summed E-state index contributed by atoms with van der Waals surface area (Å²) in [5.41, 5.74) is 14.4. The molecule has 3 aliphatic heterocycles. The fraction of sp³-hybridized carbons (Fsp3) is 0.314. The summed E-state index contributed by atoms with van der Waals surface area (Å²) in [7, 11) is -7.11. The maximum Gasteiger partial charge on any atom is 0.264 e. The highest BCUT2D eigenvalue weighted by Gasteiger charge is 2.32. The number of aromatic nitrogens is 11. The Morgan fingerprint density at radius 1 is 0.552 bits per heavy atom. The van der Waals surface area contributed by atoms with Crippen molar-refractivity contribution in [1.82, 2.24) is 79.0 Å². The number of fused-ring (bicyclic) bond motifs is 3. The number of hydrogen-bond donors (Lipinski definition) is 7. The van der Waals surface area contributed by atoms with E-state index in [-0.39, 0.29) is 90.3 Å². The monoisotopic (exact) mass is 1770 g/mol. The van der Waals surface area contributed by atoms with E-state index in [1.165, 1.54) is 36.4 Å². The average molecular weight is 1770 g/mol. The predicted molar refractivity (Wildman–Crippen MR) is 470 cm³/mol. The molecule has 3 amide bonds. The van der Waals surface area contributed by atoms with Gasteiger partial charge in [0.2, 0.25) is 43.7 Å². The number of aromatic amines is 1. The van der Waals surface area contributed by atoms with Gasteiger partial charge in [-0.25, -0.2) is 63.8 Å². The molecule has 15 rings (SSSR count). The number of H-pyrrole nitrogens is 1. The largest absolute Gasteiger partial charge is 0.497 e. The van der Waals surface area contributed by atoms with Gasteiger partial charge in [0.1, 0.15) is 35.6 Å². The van der Waals surface area contributed by atoms with Crippen LogP contribution >= 0.6 is 0 Å². The highest BCUT2D eigenvalue weighted by molar-refractivity contribution is 7.89. The Hall–Kier alpha value is -12.8. The number of pyridine rings is 3. The average Bonchev–Trinajstić information content (AvgIpc) is 1.65. The van der Waals surface area contributed by atoms with Gasteiger partial charge in [-0.1, -0.05) is 106 Å². The fourth-order valence-corrected chi connectivity index (χ4v) is 15.4. The summed E-state index contributed by atoms with van der Waals surface area (Å²) in [6, 6.07) is 35.3. The van der Waals surface area contributed by atoms with Crippen molar-refractivity contribution in [3.63, 3.8) is 0 Å². The zero-order chi connectivity index (χ0) is 89.7. The third kappa shape index (κ3) is 23.6. The molecular formula is C86H97F3N20O13S3. The molecule has 8 N–H and O–H groups in total. The van der Waals surface area contributed by atoms with E-state index < -0.39 is 41.8 Å². The van der Waals surface area contributed by atoms with E-state index in [9.17, 15) is 48.4 Å². The highest BCUT2D eigenvalue weighted by Crippen LogP contribution is 2.39.